The van der Waals surface area contributed by atoms with Crippen LogP contribution in [0.3, 0.4) is 0 Å². The molecule has 1 aromatic carbocycles. The van der Waals surface area contributed by atoms with Crippen LogP contribution < -0.4 is 4.90 Å². The Hall–Kier alpha value is -2.30. The topological polar surface area (TPSA) is 49.6 Å². The number of rotatable bonds is 1. The molecule has 2 aromatic rings. The number of aryl methyl sites for hydroxylation is 1. The van der Waals surface area contributed by atoms with Crippen LogP contribution in [0.25, 0.3) is 0 Å². The summed E-state index contributed by atoms with van der Waals surface area (Å²) in [6.45, 7) is 3.87. The van der Waals surface area contributed by atoms with E-state index < -0.39 is 0 Å². The number of para-hydroxylation sites is 1. The molecule has 1 aliphatic rings. The van der Waals surface area contributed by atoms with Gasteiger partial charge >= 0.3 is 0 Å². The minimum Gasteiger partial charge on any atom is -0.373 e. The molecule has 0 radical (unpaired) electrons. The lowest BCUT2D eigenvalue weighted by Crippen LogP contribution is -2.34. The fourth-order valence-corrected chi connectivity index (χ4v) is 2.50. The van der Waals surface area contributed by atoms with Crippen molar-refractivity contribution in [1.29, 1.82) is 0 Å². The molecule has 20 heavy (non-hydrogen) atoms. The molecule has 1 aliphatic heterocycles. The summed E-state index contributed by atoms with van der Waals surface area (Å²) in [5.41, 5.74) is 2.71. The Labute approximate surface area is 117 Å². The van der Waals surface area contributed by atoms with Crippen LogP contribution in [0.2, 0.25) is 0 Å². The average molecular weight is 271 g/mol. The van der Waals surface area contributed by atoms with E-state index in [1.165, 1.54) is 5.69 Å². The number of nitrogens with zero attached hydrogens (tertiary/aromatic N) is 3. The van der Waals surface area contributed by atoms with Crippen LogP contribution in [0.4, 0.5) is 5.69 Å². The number of hydrogen-bond donors (Lipinski definition) is 0. The van der Waals surface area contributed by atoms with Crippen LogP contribution >= 0.6 is 0 Å². The molecule has 3 rings (SSSR count). The highest BCUT2D eigenvalue weighted by atomic mass is 16.5. The smallest absolute Gasteiger partial charge is 0.276 e. The largest absolute Gasteiger partial charge is 0.373 e. The molecule has 0 N–H and O–H groups in total. The lowest BCUT2D eigenvalue weighted by Gasteiger charge is -2.19. The van der Waals surface area contributed by atoms with E-state index in [0.29, 0.717) is 24.5 Å². The van der Waals surface area contributed by atoms with E-state index in [4.69, 9.17) is 4.52 Å². The summed E-state index contributed by atoms with van der Waals surface area (Å²) >= 11 is 0. The predicted molar refractivity (Wildman–Crippen MR) is 75.7 cm³/mol. The molecule has 0 saturated heterocycles. The van der Waals surface area contributed by atoms with Crippen molar-refractivity contribution >= 4 is 11.6 Å². The third-order valence-electron chi connectivity index (χ3n) is 3.60. The van der Waals surface area contributed by atoms with Crippen LogP contribution in [-0.2, 0) is 6.54 Å². The minimum absolute atomic E-state index is 0.0769. The highest BCUT2D eigenvalue weighted by molar-refractivity contribution is 5.92. The third kappa shape index (κ3) is 2.27. The lowest BCUT2D eigenvalue weighted by molar-refractivity contribution is 0.0741. The molecule has 1 amide bonds. The number of benzene rings is 1. The molecule has 0 spiro atoms. The maximum atomic E-state index is 12.5. The molecule has 0 atom stereocenters. The monoisotopic (exact) mass is 271 g/mol. The van der Waals surface area contributed by atoms with Crippen molar-refractivity contribution in [3.8, 4) is 0 Å². The van der Waals surface area contributed by atoms with Crippen molar-refractivity contribution in [2.45, 2.75) is 13.5 Å². The zero-order valence-electron chi connectivity index (χ0n) is 11.7. The van der Waals surface area contributed by atoms with Crippen molar-refractivity contribution in [2.75, 3.05) is 25.0 Å². The molecule has 104 valence electrons. The molecule has 0 fully saturated rings. The van der Waals surface area contributed by atoms with Gasteiger partial charge in [-0.3, -0.25) is 4.79 Å². The maximum absolute atomic E-state index is 12.5. The Morgan fingerprint density at radius 1 is 1.30 bits per heavy atom. The molecule has 5 heteroatoms. The maximum Gasteiger partial charge on any atom is 0.276 e. The van der Waals surface area contributed by atoms with Gasteiger partial charge in [-0.25, -0.2) is 0 Å². The first-order valence-corrected chi connectivity index (χ1v) is 6.67. The van der Waals surface area contributed by atoms with Gasteiger partial charge in [0.15, 0.2) is 5.69 Å². The van der Waals surface area contributed by atoms with E-state index in [-0.39, 0.29) is 5.91 Å². The third-order valence-corrected chi connectivity index (χ3v) is 3.60. The molecule has 0 bridgehead atoms. The first-order valence-electron chi connectivity index (χ1n) is 6.67. The van der Waals surface area contributed by atoms with Crippen LogP contribution in [0, 0.1) is 6.92 Å². The van der Waals surface area contributed by atoms with Crippen LogP contribution in [0.1, 0.15) is 21.8 Å². The summed E-state index contributed by atoms with van der Waals surface area (Å²) in [6.07, 6.45) is 0. The fraction of sp³-hybridized carbons (Fsp3) is 0.333. The molecule has 0 unspecified atom stereocenters. The summed E-state index contributed by atoms with van der Waals surface area (Å²) in [6, 6.07) is 9.85. The second-order valence-corrected chi connectivity index (χ2v) is 5.10. The average Bonchev–Trinajstić information content (AvgIpc) is 2.81. The molecule has 1 aromatic heterocycles. The van der Waals surface area contributed by atoms with Crippen LogP contribution in [-0.4, -0.2) is 36.1 Å². The number of likely N-dealkylation sites (N-methyl/N-ethyl adjacent to an activating group) is 1. The number of anilines is 1. The van der Waals surface area contributed by atoms with Crippen molar-refractivity contribution in [1.82, 2.24) is 10.1 Å². The predicted octanol–water partition coefficient (Wildman–Crippen LogP) is 2.08. The van der Waals surface area contributed by atoms with Gasteiger partial charge in [-0.2, -0.15) is 0 Å². The summed E-state index contributed by atoms with van der Waals surface area (Å²) in [5, 5.41) is 3.82. The van der Waals surface area contributed by atoms with E-state index in [1.807, 2.05) is 24.1 Å². The highest BCUT2D eigenvalue weighted by Crippen LogP contribution is 2.24. The number of carbonyl (C=O) groups excluding carboxylic acids is 1. The lowest BCUT2D eigenvalue weighted by atomic mass is 10.1. The first-order chi connectivity index (χ1) is 9.65. The van der Waals surface area contributed by atoms with Gasteiger partial charge in [0, 0.05) is 38.4 Å². The summed E-state index contributed by atoms with van der Waals surface area (Å²) in [5.74, 6) is 0.577. The first kappa shape index (κ1) is 12.7. The summed E-state index contributed by atoms with van der Waals surface area (Å²) < 4.78 is 4.99. The second-order valence-electron chi connectivity index (χ2n) is 5.10. The quantitative estimate of drug-likeness (QED) is 0.796. The van der Waals surface area contributed by atoms with E-state index >= 15 is 0 Å². The number of fused-ring (bicyclic) bond motifs is 1. The molecule has 2 heterocycles. The van der Waals surface area contributed by atoms with Gasteiger partial charge in [-0.05, 0) is 18.6 Å². The van der Waals surface area contributed by atoms with Crippen molar-refractivity contribution in [3.63, 3.8) is 0 Å². The molecular formula is C15H17N3O2. The van der Waals surface area contributed by atoms with Gasteiger partial charge in [0.25, 0.3) is 5.91 Å². The van der Waals surface area contributed by atoms with Crippen molar-refractivity contribution in [3.05, 3.63) is 47.3 Å². The molecule has 0 aliphatic carbocycles. The second kappa shape index (κ2) is 5.00. The fourth-order valence-electron chi connectivity index (χ4n) is 2.50. The standard InChI is InChI=1S/C15H17N3O2/c1-11-9-13(16-20-11)15(19)18-8-7-17(2)14-6-4-3-5-12(14)10-18/h3-6,9H,7-8,10H2,1-2H3. The van der Waals surface area contributed by atoms with E-state index in [2.05, 4.69) is 22.2 Å². The number of carbonyl (C=O) groups is 1. The number of hydrogen-bond acceptors (Lipinski definition) is 4. The summed E-state index contributed by atoms with van der Waals surface area (Å²) in [4.78, 5) is 16.5. The molecule has 5 nitrogen and oxygen atoms in total. The Morgan fingerprint density at radius 3 is 2.85 bits per heavy atom. The van der Waals surface area contributed by atoms with Gasteiger partial charge in [-0.15, -0.1) is 0 Å². The van der Waals surface area contributed by atoms with Crippen LogP contribution in [0.15, 0.2) is 34.9 Å². The van der Waals surface area contributed by atoms with Crippen molar-refractivity contribution in [2.24, 2.45) is 0 Å². The van der Waals surface area contributed by atoms with E-state index in [0.717, 1.165) is 12.1 Å². The Kier molecular flexibility index (Phi) is 3.18. The van der Waals surface area contributed by atoms with Crippen molar-refractivity contribution < 1.29 is 9.32 Å². The zero-order chi connectivity index (χ0) is 14.1. The molecule has 0 saturated carbocycles. The van der Waals surface area contributed by atoms with Gasteiger partial charge in [0.05, 0.1) is 0 Å². The van der Waals surface area contributed by atoms with Gasteiger partial charge < -0.3 is 14.3 Å². The van der Waals surface area contributed by atoms with Gasteiger partial charge in [-0.1, -0.05) is 23.4 Å². The summed E-state index contributed by atoms with van der Waals surface area (Å²) in [7, 11) is 2.05. The highest BCUT2D eigenvalue weighted by Gasteiger charge is 2.23. The van der Waals surface area contributed by atoms with E-state index in [9.17, 15) is 4.79 Å². The Balaban J connectivity index is 1.88. The van der Waals surface area contributed by atoms with E-state index in [1.54, 1.807) is 13.0 Å². The van der Waals surface area contributed by atoms with Gasteiger partial charge in [0.2, 0.25) is 0 Å². The Morgan fingerprint density at radius 2 is 2.10 bits per heavy atom. The minimum atomic E-state index is -0.0769. The zero-order valence-corrected chi connectivity index (χ0v) is 11.7. The molecular weight excluding hydrogens is 254 g/mol. The van der Waals surface area contributed by atoms with Crippen LogP contribution in [0.5, 0.6) is 0 Å². The normalized spacial score (nSPS) is 14.9. The van der Waals surface area contributed by atoms with Gasteiger partial charge in [0.1, 0.15) is 5.76 Å². The SMILES string of the molecule is Cc1cc(C(=O)N2CCN(C)c3ccccc3C2)no1. The number of aromatic nitrogens is 1. The number of amides is 1. The Bertz CT molecular complexity index is 636.